The summed E-state index contributed by atoms with van der Waals surface area (Å²) in [6.45, 7) is 3.07. The first kappa shape index (κ1) is 13.0. The molecule has 0 aliphatic carbocycles. The second-order valence-electron chi connectivity index (χ2n) is 3.35. The fraction of sp³-hybridized carbons (Fsp3) is 0.364. The van der Waals surface area contributed by atoms with Crippen molar-refractivity contribution in [3.05, 3.63) is 34.3 Å². The van der Waals surface area contributed by atoms with Gasteiger partial charge in [-0.1, -0.05) is 17.7 Å². The fourth-order valence-electron chi connectivity index (χ4n) is 1.27. The maximum atomic E-state index is 6.11. The number of hydrogen-bond donors (Lipinski definition) is 2. The third kappa shape index (κ3) is 3.48. The van der Waals surface area contributed by atoms with Gasteiger partial charge < -0.3 is 10.2 Å². The van der Waals surface area contributed by atoms with Crippen molar-refractivity contribution in [3.8, 4) is 0 Å². The summed E-state index contributed by atoms with van der Waals surface area (Å²) in [6, 6.07) is 5.73. The number of rotatable bonds is 4. The molecule has 1 aromatic rings. The Morgan fingerprint density at radius 1 is 1.56 bits per heavy atom. The van der Waals surface area contributed by atoms with Crippen molar-refractivity contribution in [1.29, 1.82) is 0 Å². The van der Waals surface area contributed by atoms with Gasteiger partial charge in [-0.25, -0.2) is 5.84 Å². The first-order valence-corrected chi connectivity index (χ1v) is 5.33. The average molecular weight is 242 g/mol. The summed E-state index contributed by atoms with van der Waals surface area (Å²) in [6.07, 6.45) is 0. The molecule has 0 saturated carbocycles. The Bertz CT molecular complexity index is 379. The van der Waals surface area contributed by atoms with Gasteiger partial charge in [-0.15, -0.1) is 0 Å². The predicted octanol–water partition coefficient (Wildman–Crippen LogP) is 1.50. The number of nitrogens with zero attached hydrogens (tertiary/aromatic N) is 1. The van der Waals surface area contributed by atoms with Crippen molar-refractivity contribution in [2.24, 2.45) is 10.8 Å². The Balaban J connectivity index is 2.90. The Hall–Kier alpha value is -1.10. The minimum atomic E-state index is 0.542. The molecular weight excluding hydrogens is 226 g/mol. The molecule has 0 atom stereocenters. The summed E-state index contributed by atoms with van der Waals surface area (Å²) in [5.74, 6) is 5.99. The second kappa shape index (κ2) is 6.48. The van der Waals surface area contributed by atoms with E-state index in [4.69, 9.17) is 22.2 Å². The molecule has 0 bridgehead atoms. The van der Waals surface area contributed by atoms with Gasteiger partial charge in [-0.05, 0) is 24.6 Å². The van der Waals surface area contributed by atoms with E-state index in [0.717, 1.165) is 11.1 Å². The number of nitrogens with one attached hydrogen (secondary N) is 1. The lowest BCUT2D eigenvalue weighted by molar-refractivity contribution is 0.208. The minimum absolute atomic E-state index is 0.542. The van der Waals surface area contributed by atoms with Crippen LogP contribution in [0.3, 0.4) is 0 Å². The van der Waals surface area contributed by atoms with Crippen LogP contribution in [0.4, 0.5) is 0 Å². The van der Waals surface area contributed by atoms with Gasteiger partial charge in [0.15, 0.2) is 0 Å². The Kier molecular flexibility index (Phi) is 5.25. The van der Waals surface area contributed by atoms with E-state index in [2.05, 4.69) is 10.4 Å². The van der Waals surface area contributed by atoms with Crippen LogP contribution in [0, 0.1) is 6.92 Å². The van der Waals surface area contributed by atoms with E-state index >= 15 is 0 Å². The van der Waals surface area contributed by atoms with E-state index in [1.807, 2.05) is 25.1 Å². The van der Waals surface area contributed by atoms with Gasteiger partial charge in [-0.2, -0.15) is 0 Å². The van der Waals surface area contributed by atoms with E-state index in [1.165, 1.54) is 0 Å². The zero-order valence-corrected chi connectivity index (χ0v) is 10.2. The topological polar surface area (TPSA) is 59.6 Å². The van der Waals surface area contributed by atoms with Crippen LogP contribution >= 0.6 is 11.6 Å². The third-order valence-electron chi connectivity index (χ3n) is 2.08. The first-order valence-electron chi connectivity index (χ1n) is 4.95. The number of hydrazine groups is 1. The Morgan fingerprint density at radius 3 is 2.88 bits per heavy atom. The highest BCUT2D eigenvalue weighted by Crippen LogP contribution is 2.17. The molecule has 0 spiro atoms. The number of benzene rings is 1. The summed E-state index contributed by atoms with van der Waals surface area (Å²) in [4.78, 5) is 4.26. The van der Waals surface area contributed by atoms with E-state index in [0.29, 0.717) is 24.0 Å². The van der Waals surface area contributed by atoms with Crippen LogP contribution in [0.2, 0.25) is 5.02 Å². The van der Waals surface area contributed by atoms with Gasteiger partial charge in [0.05, 0.1) is 18.2 Å². The molecule has 16 heavy (non-hydrogen) atoms. The molecule has 1 rings (SSSR count). The van der Waals surface area contributed by atoms with Crippen LogP contribution in [0.25, 0.3) is 0 Å². The molecular formula is C11H16ClN3O. The molecule has 88 valence electrons. The fourth-order valence-corrected chi connectivity index (χ4v) is 1.59. The molecule has 0 unspecified atom stereocenters. The van der Waals surface area contributed by atoms with Crippen LogP contribution in [-0.4, -0.2) is 26.1 Å². The van der Waals surface area contributed by atoms with Crippen molar-refractivity contribution in [3.63, 3.8) is 0 Å². The second-order valence-corrected chi connectivity index (χ2v) is 3.76. The molecule has 3 N–H and O–H groups in total. The molecule has 0 heterocycles. The summed E-state index contributed by atoms with van der Waals surface area (Å²) >= 11 is 6.11. The molecule has 5 heteroatoms. The monoisotopic (exact) mass is 241 g/mol. The van der Waals surface area contributed by atoms with Crippen molar-refractivity contribution in [2.75, 3.05) is 20.3 Å². The highest BCUT2D eigenvalue weighted by Gasteiger charge is 2.06. The number of ether oxygens (including phenoxy) is 1. The quantitative estimate of drug-likeness (QED) is 0.276. The van der Waals surface area contributed by atoms with Crippen LogP contribution in [-0.2, 0) is 4.74 Å². The maximum absolute atomic E-state index is 6.11. The van der Waals surface area contributed by atoms with E-state index < -0.39 is 0 Å². The SMILES string of the molecule is COCCN=C(NN)c1ccc(C)cc1Cl. The molecule has 0 fully saturated rings. The zero-order valence-electron chi connectivity index (χ0n) is 9.46. The summed E-state index contributed by atoms with van der Waals surface area (Å²) in [5, 5.41) is 0.633. The lowest BCUT2D eigenvalue weighted by Gasteiger charge is -2.08. The number of amidine groups is 1. The first-order chi connectivity index (χ1) is 7.69. The summed E-state index contributed by atoms with van der Waals surface area (Å²) in [5.41, 5.74) is 4.44. The highest BCUT2D eigenvalue weighted by atomic mass is 35.5. The number of aryl methyl sites for hydroxylation is 1. The van der Waals surface area contributed by atoms with Gasteiger partial charge in [0.2, 0.25) is 0 Å². The molecule has 0 radical (unpaired) electrons. The maximum Gasteiger partial charge on any atom is 0.144 e. The molecule has 4 nitrogen and oxygen atoms in total. The third-order valence-corrected chi connectivity index (χ3v) is 2.39. The van der Waals surface area contributed by atoms with Crippen LogP contribution in [0.1, 0.15) is 11.1 Å². The van der Waals surface area contributed by atoms with Crippen molar-refractivity contribution >= 4 is 17.4 Å². The van der Waals surface area contributed by atoms with Gasteiger partial charge in [-0.3, -0.25) is 4.99 Å². The zero-order chi connectivity index (χ0) is 12.0. The average Bonchev–Trinajstić information content (AvgIpc) is 2.26. The standard InChI is InChI=1S/C11H16ClN3O/c1-8-3-4-9(10(12)7-8)11(15-13)14-5-6-16-2/h3-4,7H,5-6,13H2,1-2H3,(H,14,15). The smallest absolute Gasteiger partial charge is 0.144 e. The Labute approximate surface area is 100 Å². The van der Waals surface area contributed by atoms with E-state index in [9.17, 15) is 0 Å². The van der Waals surface area contributed by atoms with Crippen LogP contribution < -0.4 is 11.3 Å². The number of aliphatic imine (C=N–C) groups is 1. The largest absolute Gasteiger partial charge is 0.383 e. The lowest BCUT2D eigenvalue weighted by atomic mass is 10.1. The molecule has 0 aromatic heterocycles. The van der Waals surface area contributed by atoms with E-state index in [-0.39, 0.29) is 0 Å². The van der Waals surface area contributed by atoms with Gasteiger partial charge in [0.25, 0.3) is 0 Å². The molecule has 0 amide bonds. The summed E-state index contributed by atoms with van der Waals surface area (Å²) < 4.78 is 4.91. The number of nitrogens with two attached hydrogens (primary N) is 1. The van der Waals surface area contributed by atoms with Gasteiger partial charge >= 0.3 is 0 Å². The van der Waals surface area contributed by atoms with Crippen LogP contribution in [0.5, 0.6) is 0 Å². The normalized spacial score (nSPS) is 11.6. The van der Waals surface area contributed by atoms with Gasteiger partial charge in [0, 0.05) is 12.7 Å². The van der Waals surface area contributed by atoms with Crippen molar-refractivity contribution < 1.29 is 4.74 Å². The van der Waals surface area contributed by atoms with Gasteiger partial charge in [0.1, 0.15) is 5.84 Å². The predicted molar refractivity (Wildman–Crippen MR) is 66.8 cm³/mol. The Morgan fingerprint density at radius 2 is 2.31 bits per heavy atom. The lowest BCUT2D eigenvalue weighted by Crippen LogP contribution is -2.31. The van der Waals surface area contributed by atoms with Crippen LogP contribution in [0.15, 0.2) is 23.2 Å². The highest BCUT2D eigenvalue weighted by molar-refractivity contribution is 6.34. The summed E-state index contributed by atoms with van der Waals surface area (Å²) in [7, 11) is 1.63. The molecule has 0 aliphatic heterocycles. The van der Waals surface area contributed by atoms with Crippen molar-refractivity contribution in [1.82, 2.24) is 5.43 Å². The number of halogens is 1. The molecule has 0 saturated heterocycles. The minimum Gasteiger partial charge on any atom is -0.383 e. The number of hydrogen-bond acceptors (Lipinski definition) is 3. The van der Waals surface area contributed by atoms with E-state index in [1.54, 1.807) is 7.11 Å². The molecule has 0 aliphatic rings. The number of methoxy groups -OCH3 is 1. The van der Waals surface area contributed by atoms with Crippen molar-refractivity contribution in [2.45, 2.75) is 6.92 Å². The molecule has 1 aromatic carbocycles.